The van der Waals surface area contributed by atoms with Gasteiger partial charge in [0.1, 0.15) is 16.2 Å². The summed E-state index contributed by atoms with van der Waals surface area (Å²) in [5.74, 6) is 5.57. The van der Waals surface area contributed by atoms with Crippen LogP contribution in [0.5, 0.6) is 0 Å². The van der Waals surface area contributed by atoms with Crippen molar-refractivity contribution >= 4 is 9.84 Å². The molecule has 1 aromatic heterocycles. The van der Waals surface area contributed by atoms with Gasteiger partial charge in [0.2, 0.25) is 0 Å². The number of hydrazine groups is 1. The minimum Gasteiger partial charge on any atom is -0.271 e. The van der Waals surface area contributed by atoms with Gasteiger partial charge in [0.15, 0.2) is 0 Å². The first-order chi connectivity index (χ1) is 7.53. The molecule has 0 saturated carbocycles. The lowest BCUT2D eigenvalue weighted by Crippen LogP contribution is -2.28. The van der Waals surface area contributed by atoms with Crippen molar-refractivity contribution in [2.45, 2.75) is 18.9 Å². The molecular weight excluding hydrogens is 228 g/mol. The van der Waals surface area contributed by atoms with Crippen LogP contribution < -0.4 is 11.3 Å². The molecule has 0 radical (unpaired) electrons. The maximum absolute atomic E-state index is 11.0. The van der Waals surface area contributed by atoms with E-state index in [-0.39, 0.29) is 11.8 Å². The van der Waals surface area contributed by atoms with Crippen LogP contribution in [0.3, 0.4) is 0 Å². The molecule has 1 atom stereocenters. The van der Waals surface area contributed by atoms with Crippen molar-refractivity contribution in [1.82, 2.24) is 15.4 Å². The summed E-state index contributed by atoms with van der Waals surface area (Å²) in [7, 11) is -2.91. The normalized spacial score (nSPS) is 13.6. The largest absolute Gasteiger partial charge is 0.271 e. The number of hydrogen-bond acceptors (Lipinski definition) is 6. The van der Waals surface area contributed by atoms with Crippen LogP contribution in [0, 0.1) is 0 Å². The Bertz CT molecular complexity index is 407. The molecule has 0 saturated heterocycles. The van der Waals surface area contributed by atoms with Crippen molar-refractivity contribution in [3.05, 3.63) is 24.3 Å². The topological polar surface area (TPSA) is 98.0 Å². The Hall–Kier alpha value is -1.05. The van der Waals surface area contributed by atoms with E-state index in [1.54, 1.807) is 12.4 Å². The molecule has 0 fully saturated rings. The smallest absolute Gasteiger partial charge is 0.147 e. The van der Waals surface area contributed by atoms with E-state index >= 15 is 0 Å². The fourth-order valence-electron chi connectivity index (χ4n) is 1.39. The van der Waals surface area contributed by atoms with E-state index in [0.717, 1.165) is 5.56 Å². The van der Waals surface area contributed by atoms with Crippen LogP contribution in [0.4, 0.5) is 0 Å². The molecule has 0 aliphatic rings. The number of nitrogens with zero attached hydrogens (tertiary/aromatic N) is 2. The Morgan fingerprint density at radius 3 is 2.56 bits per heavy atom. The van der Waals surface area contributed by atoms with Gasteiger partial charge in [-0.2, -0.15) is 0 Å². The number of nitrogens with two attached hydrogens (primary N) is 1. The highest BCUT2D eigenvalue weighted by Gasteiger charge is 2.11. The predicted molar refractivity (Wildman–Crippen MR) is 61.0 cm³/mol. The SMILES string of the molecule is CS(=O)(=O)CCCC(NN)c1cncnc1. The minimum absolute atomic E-state index is 0.108. The van der Waals surface area contributed by atoms with Gasteiger partial charge in [0.25, 0.3) is 0 Å². The molecule has 0 aliphatic heterocycles. The van der Waals surface area contributed by atoms with E-state index in [0.29, 0.717) is 12.8 Å². The standard InChI is InChI=1S/C9H16N4O2S/c1-16(14,15)4-2-3-9(13-10)8-5-11-7-12-6-8/h5-7,9,13H,2-4,10H2,1H3. The highest BCUT2D eigenvalue weighted by molar-refractivity contribution is 7.90. The predicted octanol–water partition coefficient (Wildman–Crippen LogP) is -0.194. The number of nitrogens with one attached hydrogen (secondary N) is 1. The second kappa shape index (κ2) is 5.88. The zero-order valence-electron chi connectivity index (χ0n) is 9.13. The van der Waals surface area contributed by atoms with Crippen LogP contribution in [0.2, 0.25) is 0 Å². The molecule has 3 N–H and O–H groups in total. The first-order valence-electron chi connectivity index (χ1n) is 4.91. The van der Waals surface area contributed by atoms with Gasteiger partial charge in [0.05, 0.1) is 0 Å². The quantitative estimate of drug-likeness (QED) is 0.531. The average molecular weight is 244 g/mol. The van der Waals surface area contributed by atoms with E-state index in [2.05, 4.69) is 15.4 Å². The Balaban J connectivity index is 2.51. The molecule has 1 rings (SSSR count). The maximum atomic E-state index is 11.0. The van der Waals surface area contributed by atoms with E-state index < -0.39 is 9.84 Å². The second-order valence-corrected chi connectivity index (χ2v) is 5.92. The molecule has 7 heteroatoms. The lowest BCUT2D eigenvalue weighted by atomic mass is 10.1. The van der Waals surface area contributed by atoms with Crippen molar-refractivity contribution in [2.75, 3.05) is 12.0 Å². The molecule has 1 aromatic rings. The summed E-state index contributed by atoms with van der Waals surface area (Å²) in [5.41, 5.74) is 3.49. The molecule has 0 aromatic carbocycles. The molecular formula is C9H16N4O2S. The zero-order chi connectivity index (χ0) is 12.0. The highest BCUT2D eigenvalue weighted by atomic mass is 32.2. The maximum Gasteiger partial charge on any atom is 0.147 e. The Labute approximate surface area is 95.2 Å². The molecule has 16 heavy (non-hydrogen) atoms. The van der Waals surface area contributed by atoms with Crippen molar-refractivity contribution in [3.63, 3.8) is 0 Å². The van der Waals surface area contributed by atoms with Crippen molar-refractivity contribution < 1.29 is 8.42 Å². The number of hydrogen-bond donors (Lipinski definition) is 2. The number of rotatable bonds is 6. The van der Waals surface area contributed by atoms with E-state index in [9.17, 15) is 8.42 Å². The van der Waals surface area contributed by atoms with E-state index in [1.165, 1.54) is 12.6 Å². The van der Waals surface area contributed by atoms with Crippen LogP contribution in [0.15, 0.2) is 18.7 Å². The van der Waals surface area contributed by atoms with Crippen LogP contribution in [-0.4, -0.2) is 30.4 Å². The molecule has 6 nitrogen and oxygen atoms in total. The molecule has 0 aliphatic carbocycles. The van der Waals surface area contributed by atoms with E-state index in [1.807, 2.05) is 0 Å². The van der Waals surface area contributed by atoms with Gasteiger partial charge in [-0.3, -0.25) is 11.3 Å². The molecule has 1 heterocycles. The lowest BCUT2D eigenvalue weighted by molar-refractivity contribution is 0.505. The minimum atomic E-state index is -2.91. The summed E-state index contributed by atoms with van der Waals surface area (Å²) in [5, 5.41) is 0. The molecule has 0 bridgehead atoms. The fourth-order valence-corrected chi connectivity index (χ4v) is 2.08. The van der Waals surface area contributed by atoms with Gasteiger partial charge in [-0.05, 0) is 12.8 Å². The summed E-state index contributed by atoms with van der Waals surface area (Å²) >= 11 is 0. The third-order valence-electron chi connectivity index (χ3n) is 2.19. The van der Waals surface area contributed by atoms with Crippen LogP contribution in [-0.2, 0) is 9.84 Å². The van der Waals surface area contributed by atoms with E-state index in [4.69, 9.17) is 5.84 Å². The Morgan fingerprint density at radius 1 is 1.44 bits per heavy atom. The van der Waals surface area contributed by atoms with Crippen LogP contribution >= 0.6 is 0 Å². The van der Waals surface area contributed by atoms with Crippen LogP contribution in [0.25, 0.3) is 0 Å². The van der Waals surface area contributed by atoms with Gasteiger partial charge >= 0.3 is 0 Å². The lowest BCUT2D eigenvalue weighted by Gasteiger charge is -2.14. The van der Waals surface area contributed by atoms with Gasteiger partial charge in [-0.25, -0.2) is 18.4 Å². The summed E-state index contributed by atoms with van der Waals surface area (Å²) < 4.78 is 21.9. The van der Waals surface area contributed by atoms with Gasteiger partial charge < -0.3 is 0 Å². The second-order valence-electron chi connectivity index (χ2n) is 3.66. The number of sulfone groups is 1. The summed E-state index contributed by atoms with van der Waals surface area (Å²) in [6, 6.07) is -0.108. The van der Waals surface area contributed by atoms with Crippen molar-refractivity contribution in [2.24, 2.45) is 5.84 Å². The zero-order valence-corrected chi connectivity index (χ0v) is 9.94. The summed E-state index contributed by atoms with van der Waals surface area (Å²) in [4.78, 5) is 7.77. The first kappa shape index (κ1) is 13.0. The van der Waals surface area contributed by atoms with Crippen molar-refractivity contribution in [1.29, 1.82) is 0 Å². The monoisotopic (exact) mass is 244 g/mol. The summed E-state index contributed by atoms with van der Waals surface area (Å²) in [6.07, 6.45) is 7.19. The molecule has 1 unspecified atom stereocenters. The fraction of sp³-hybridized carbons (Fsp3) is 0.556. The third kappa shape index (κ3) is 4.65. The third-order valence-corrected chi connectivity index (χ3v) is 3.22. The molecule has 90 valence electrons. The van der Waals surface area contributed by atoms with Crippen molar-refractivity contribution in [3.8, 4) is 0 Å². The molecule has 0 amide bonds. The van der Waals surface area contributed by atoms with Gasteiger partial charge in [-0.1, -0.05) is 0 Å². The average Bonchev–Trinajstić information content (AvgIpc) is 2.24. The van der Waals surface area contributed by atoms with Gasteiger partial charge in [-0.15, -0.1) is 0 Å². The number of aromatic nitrogens is 2. The first-order valence-corrected chi connectivity index (χ1v) is 6.98. The van der Waals surface area contributed by atoms with Crippen LogP contribution in [0.1, 0.15) is 24.4 Å². The van der Waals surface area contributed by atoms with Gasteiger partial charge in [0, 0.05) is 36.0 Å². The Morgan fingerprint density at radius 2 is 2.06 bits per heavy atom. The summed E-state index contributed by atoms with van der Waals surface area (Å²) in [6.45, 7) is 0. The Kier molecular flexibility index (Phi) is 4.78. The molecule has 0 spiro atoms. The highest BCUT2D eigenvalue weighted by Crippen LogP contribution is 2.15.